The van der Waals surface area contributed by atoms with E-state index < -0.39 is 0 Å². The average molecular weight is 266 g/mol. The molecule has 1 aromatic carbocycles. The van der Waals surface area contributed by atoms with Gasteiger partial charge in [-0.1, -0.05) is 0 Å². The lowest BCUT2D eigenvalue weighted by Crippen LogP contribution is -2.53. The highest BCUT2D eigenvalue weighted by atomic mass is 19.1. The van der Waals surface area contributed by atoms with Crippen LogP contribution in [-0.2, 0) is 6.61 Å². The molecule has 1 heterocycles. The number of benzene rings is 1. The zero-order valence-electron chi connectivity index (χ0n) is 12.0. The van der Waals surface area contributed by atoms with Crippen molar-refractivity contribution in [3.8, 4) is 0 Å². The summed E-state index contributed by atoms with van der Waals surface area (Å²) in [5, 5.41) is 9.35. The van der Waals surface area contributed by atoms with Gasteiger partial charge in [0.2, 0.25) is 0 Å². The number of piperazine rings is 1. The molecule has 3 nitrogen and oxygen atoms in total. The van der Waals surface area contributed by atoms with Crippen LogP contribution in [0.25, 0.3) is 0 Å². The smallest absolute Gasteiger partial charge is 0.123 e. The molecule has 2 rings (SSSR count). The first-order valence-electron chi connectivity index (χ1n) is 6.81. The molecule has 0 saturated carbocycles. The van der Waals surface area contributed by atoms with Crippen LogP contribution in [0.3, 0.4) is 0 Å². The lowest BCUT2D eigenvalue weighted by atomic mass is 10.0. The fourth-order valence-electron chi connectivity index (χ4n) is 2.61. The zero-order chi connectivity index (χ0) is 14.0. The van der Waals surface area contributed by atoms with Crippen LogP contribution in [0.2, 0.25) is 0 Å². The standard InChI is InChI=1S/C15H23FN2O/c1-15(2,3)18-8-6-17(7-9-18)14-5-4-13(16)10-12(14)11-19/h4-5,10,19H,6-9,11H2,1-3H3. The third-order valence-corrected chi connectivity index (χ3v) is 3.78. The Kier molecular flexibility index (Phi) is 4.11. The van der Waals surface area contributed by atoms with Crippen LogP contribution in [0.15, 0.2) is 18.2 Å². The molecule has 0 unspecified atom stereocenters. The molecule has 0 amide bonds. The van der Waals surface area contributed by atoms with E-state index in [4.69, 9.17) is 0 Å². The number of hydrogen-bond acceptors (Lipinski definition) is 3. The molecule has 1 N–H and O–H groups in total. The van der Waals surface area contributed by atoms with Crippen LogP contribution < -0.4 is 4.90 Å². The van der Waals surface area contributed by atoms with E-state index in [-0.39, 0.29) is 18.0 Å². The van der Waals surface area contributed by atoms with Crippen molar-refractivity contribution in [2.24, 2.45) is 0 Å². The number of aliphatic hydroxyl groups is 1. The van der Waals surface area contributed by atoms with E-state index in [9.17, 15) is 9.50 Å². The fraction of sp³-hybridized carbons (Fsp3) is 0.600. The Bertz CT molecular complexity index is 434. The maximum Gasteiger partial charge on any atom is 0.123 e. The van der Waals surface area contributed by atoms with E-state index in [2.05, 4.69) is 30.6 Å². The summed E-state index contributed by atoms with van der Waals surface area (Å²) in [6.45, 7) is 10.4. The van der Waals surface area contributed by atoms with Crippen LogP contribution in [0.1, 0.15) is 26.3 Å². The minimum atomic E-state index is -0.291. The molecule has 1 aliphatic rings. The average Bonchev–Trinajstić information content (AvgIpc) is 2.37. The molecular formula is C15H23FN2O. The molecule has 0 atom stereocenters. The molecule has 0 bridgehead atoms. The minimum absolute atomic E-state index is 0.118. The molecule has 4 heteroatoms. The highest BCUT2D eigenvalue weighted by molar-refractivity contribution is 5.54. The first-order valence-corrected chi connectivity index (χ1v) is 6.81. The summed E-state index contributed by atoms with van der Waals surface area (Å²) < 4.78 is 13.2. The van der Waals surface area contributed by atoms with Gasteiger partial charge in [0.25, 0.3) is 0 Å². The maximum absolute atomic E-state index is 13.2. The first kappa shape index (κ1) is 14.3. The second kappa shape index (κ2) is 5.47. The number of aliphatic hydroxyl groups excluding tert-OH is 1. The van der Waals surface area contributed by atoms with E-state index in [0.717, 1.165) is 31.9 Å². The highest BCUT2D eigenvalue weighted by Gasteiger charge is 2.26. The van der Waals surface area contributed by atoms with E-state index in [0.29, 0.717) is 5.56 Å². The van der Waals surface area contributed by atoms with Gasteiger partial charge < -0.3 is 10.0 Å². The van der Waals surface area contributed by atoms with Crippen molar-refractivity contribution >= 4 is 5.69 Å². The lowest BCUT2D eigenvalue weighted by molar-refractivity contribution is 0.128. The molecule has 0 spiro atoms. The van der Waals surface area contributed by atoms with Crippen LogP contribution in [0, 0.1) is 5.82 Å². The third kappa shape index (κ3) is 3.25. The molecule has 0 aromatic heterocycles. The van der Waals surface area contributed by atoms with Gasteiger partial charge in [0, 0.05) is 43.0 Å². The van der Waals surface area contributed by atoms with E-state index in [1.165, 1.54) is 12.1 Å². The molecule has 19 heavy (non-hydrogen) atoms. The summed E-state index contributed by atoms with van der Waals surface area (Å²) in [7, 11) is 0. The quantitative estimate of drug-likeness (QED) is 0.889. The van der Waals surface area contributed by atoms with E-state index >= 15 is 0 Å². The van der Waals surface area contributed by atoms with Gasteiger partial charge in [-0.3, -0.25) is 4.90 Å². The van der Waals surface area contributed by atoms with Crippen molar-refractivity contribution in [2.45, 2.75) is 32.9 Å². The summed E-state index contributed by atoms with van der Waals surface area (Å²) in [5.74, 6) is -0.291. The SMILES string of the molecule is CC(C)(C)N1CCN(c2ccc(F)cc2CO)CC1. The van der Waals surface area contributed by atoms with Crippen LogP contribution in [-0.4, -0.2) is 41.7 Å². The molecule has 0 aliphatic carbocycles. The Morgan fingerprint density at radius 2 is 1.79 bits per heavy atom. The van der Waals surface area contributed by atoms with Crippen molar-refractivity contribution in [3.05, 3.63) is 29.6 Å². The molecule has 106 valence electrons. The van der Waals surface area contributed by atoms with Crippen molar-refractivity contribution in [1.82, 2.24) is 4.90 Å². The van der Waals surface area contributed by atoms with E-state index in [1.54, 1.807) is 6.07 Å². The predicted molar refractivity (Wildman–Crippen MR) is 75.9 cm³/mol. The topological polar surface area (TPSA) is 26.7 Å². The summed E-state index contributed by atoms with van der Waals surface area (Å²) in [5.41, 5.74) is 1.82. The summed E-state index contributed by atoms with van der Waals surface area (Å²) in [4.78, 5) is 4.68. The second-order valence-electron chi connectivity index (χ2n) is 6.08. The summed E-state index contributed by atoms with van der Waals surface area (Å²) in [6.07, 6.45) is 0. The van der Waals surface area contributed by atoms with Gasteiger partial charge in [-0.05, 0) is 39.0 Å². The number of hydrogen-bond donors (Lipinski definition) is 1. The van der Waals surface area contributed by atoms with Crippen molar-refractivity contribution in [3.63, 3.8) is 0 Å². The predicted octanol–water partition coefficient (Wildman–Crippen LogP) is 2.24. The summed E-state index contributed by atoms with van der Waals surface area (Å²) >= 11 is 0. The van der Waals surface area contributed by atoms with Crippen molar-refractivity contribution in [1.29, 1.82) is 0 Å². The van der Waals surface area contributed by atoms with E-state index in [1.807, 2.05) is 0 Å². The van der Waals surface area contributed by atoms with Gasteiger partial charge in [0.05, 0.1) is 6.61 Å². The van der Waals surface area contributed by atoms with Gasteiger partial charge in [-0.2, -0.15) is 0 Å². The normalized spacial score (nSPS) is 17.8. The number of rotatable bonds is 2. The Hall–Kier alpha value is -1.13. The van der Waals surface area contributed by atoms with Crippen molar-refractivity contribution < 1.29 is 9.50 Å². The highest BCUT2D eigenvalue weighted by Crippen LogP contribution is 2.25. The molecule has 1 saturated heterocycles. The van der Waals surface area contributed by atoms with Crippen molar-refractivity contribution in [2.75, 3.05) is 31.1 Å². The van der Waals surface area contributed by atoms with Crippen LogP contribution in [0.4, 0.5) is 10.1 Å². The third-order valence-electron chi connectivity index (χ3n) is 3.78. The number of nitrogens with zero attached hydrogens (tertiary/aromatic N) is 2. The lowest BCUT2D eigenvalue weighted by Gasteiger charge is -2.43. The van der Waals surface area contributed by atoms with Gasteiger partial charge in [-0.15, -0.1) is 0 Å². The van der Waals surface area contributed by atoms with Gasteiger partial charge >= 0.3 is 0 Å². The first-order chi connectivity index (χ1) is 8.91. The summed E-state index contributed by atoms with van der Waals surface area (Å²) in [6, 6.07) is 4.66. The molecule has 1 aromatic rings. The number of anilines is 1. The Balaban J connectivity index is 2.10. The molecular weight excluding hydrogens is 243 g/mol. The Morgan fingerprint density at radius 1 is 1.16 bits per heavy atom. The molecule has 1 aliphatic heterocycles. The van der Waals surface area contributed by atoms with Gasteiger partial charge in [-0.25, -0.2) is 4.39 Å². The maximum atomic E-state index is 13.2. The fourth-order valence-corrected chi connectivity index (χ4v) is 2.61. The Morgan fingerprint density at radius 3 is 2.32 bits per heavy atom. The second-order valence-corrected chi connectivity index (χ2v) is 6.08. The largest absolute Gasteiger partial charge is 0.392 e. The van der Waals surface area contributed by atoms with Crippen LogP contribution >= 0.6 is 0 Å². The molecule has 1 fully saturated rings. The van der Waals surface area contributed by atoms with Crippen LogP contribution in [0.5, 0.6) is 0 Å². The van der Waals surface area contributed by atoms with Gasteiger partial charge in [0.15, 0.2) is 0 Å². The monoisotopic (exact) mass is 266 g/mol. The number of halogens is 1. The zero-order valence-corrected chi connectivity index (χ0v) is 12.0. The Labute approximate surface area is 114 Å². The minimum Gasteiger partial charge on any atom is -0.392 e. The van der Waals surface area contributed by atoms with Gasteiger partial charge in [0.1, 0.15) is 5.82 Å². The molecule has 0 radical (unpaired) electrons.